The summed E-state index contributed by atoms with van der Waals surface area (Å²) in [4.78, 5) is 0. The van der Waals surface area contributed by atoms with E-state index in [9.17, 15) is 5.11 Å². The lowest BCUT2D eigenvalue weighted by atomic mass is 10.2. The van der Waals surface area contributed by atoms with Crippen molar-refractivity contribution in [2.24, 2.45) is 0 Å². The van der Waals surface area contributed by atoms with Crippen molar-refractivity contribution in [1.82, 2.24) is 5.32 Å². The minimum atomic E-state index is 0.240. The lowest BCUT2D eigenvalue weighted by molar-refractivity contribution is 0.369. The van der Waals surface area contributed by atoms with Crippen LogP contribution < -0.4 is 10.1 Å². The van der Waals surface area contributed by atoms with Crippen molar-refractivity contribution in [1.29, 1.82) is 0 Å². The Hall–Kier alpha value is -1.22. The predicted molar refractivity (Wildman–Crippen MR) is 61.3 cm³/mol. The molecule has 0 atom stereocenters. The SMILES string of the molecule is CCCCNCc1cccc(OC)c1O. The number of nitrogens with one attached hydrogen (secondary N) is 1. The quantitative estimate of drug-likeness (QED) is 0.706. The number of methoxy groups -OCH3 is 1. The topological polar surface area (TPSA) is 41.5 Å². The van der Waals surface area contributed by atoms with E-state index >= 15 is 0 Å². The maximum atomic E-state index is 9.78. The molecule has 3 nitrogen and oxygen atoms in total. The van der Waals surface area contributed by atoms with Gasteiger partial charge >= 0.3 is 0 Å². The molecule has 0 bridgehead atoms. The van der Waals surface area contributed by atoms with Crippen LogP contribution in [0.25, 0.3) is 0 Å². The van der Waals surface area contributed by atoms with Crippen LogP contribution in [0.2, 0.25) is 0 Å². The second-order valence-electron chi connectivity index (χ2n) is 3.50. The number of hydrogen-bond donors (Lipinski definition) is 2. The Bertz CT molecular complexity index is 300. The Morgan fingerprint density at radius 2 is 2.20 bits per heavy atom. The zero-order chi connectivity index (χ0) is 11.1. The molecule has 1 rings (SSSR count). The summed E-state index contributed by atoms with van der Waals surface area (Å²) in [6.45, 7) is 3.82. The summed E-state index contributed by atoms with van der Waals surface area (Å²) in [5.74, 6) is 0.772. The van der Waals surface area contributed by atoms with Gasteiger partial charge in [0.1, 0.15) is 0 Å². The van der Waals surface area contributed by atoms with Crippen molar-refractivity contribution in [3.63, 3.8) is 0 Å². The van der Waals surface area contributed by atoms with Crippen molar-refractivity contribution in [2.75, 3.05) is 13.7 Å². The molecular weight excluding hydrogens is 190 g/mol. The second kappa shape index (κ2) is 6.30. The fraction of sp³-hybridized carbons (Fsp3) is 0.500. The zero-order valence-corrected chi connectivity index (χ0v) is 9.42. The molecule has 2 N–H and O–H groups in total. The molecular formula is C12H19NO2. The van der Waals surface area contributed by atoms with Gasteiger partial charge in [-0.05, 0) is 19.0 Å². The minimum Gasteiger partial charge on any atom is -0.504 e. The van der Waals surface area contributed by atoms with E-state index in [0.29, 0.717) is 12.3 Å². The van der Waals surface area contributed by atoms with Crippen LogP contribution >= 0.6 is 0 Å². The third-order valence-electron chi connectivity index (χ3n) is 2.33. The number of phenols is 1. The molecule has 0 aromatic heterocycles. The van der Waals surface area contributed by atoms with E-state index in [1.807, 2.05) is 12.1 Å². The van der Waals surface area contributed by atoms with E-state index in [1.165, 1.54) is 6.42 Å². The Kier molecular flexibility index (Phi) is 4.98. The van der Waals surface area contributed by atoms with Crippen LogP contribution in [0.3, 0.4) is 0 Å². The smallest absolute Gasteiger partial charge is 0.162 e. The van der Waals surface area contributed by atoms with Gasteiger partial charge in [-0.25, -0.2) is 0 Å². The summed E-state index contributed by atoms with van der Waals surface area (Å²) in [5.41, 5.74) is 0.880. The monoisotopic (exact) mass is 209 g/mol. The third-order valence-corrected chi connectivity index (χ3v) is 2.33. The molecule has 0 aliphatic rings. The summed E-state index contributed by atoms with van der Waals surface area (Å²) in [6, 6.07) is 5.54. The molecule has 0 amide bonds. The minimum absolute atomic E-state index is 0.240. The Labute approximate surface area is 91.1 Å². The van der Waals surface area contributed by atoms with Crippen LogP contribution in [-0.4, -0.2) is 18.8 Å². The van der Waals surface area contributed by atoms with Gasteiger partial charge in [0.05, 0.1) is 7.11 Å². The summed E-state index contributed by atoms with van der Waals surface area (Å²) in [5, 5.41) is 13.1. The molecule has 0 aliphatic heterocycles. The lowest BCUT2D eigenvalue weighted by Crippen LogP contribution is -2.14. The van der Waals surface area contributed by atoms with Crippen LogP contribution in [0.1, 0.15) is 25.3 Å². The van der Waals surface area contributed by atoms with Gasteiger partial charge in [-0.15, -0.1) is 0 Å². The number of benzene rings is 1. The summed E-state index contributed by atoms with van der Waals surface area (Å²) in [7, 11) is 1.56. The van der Waals surface area contributed by atoms with Gasteiger partial charge < -0.3 is 15.2 Å². The number of unbranched alkanes of at least 4 members (excludes halogenated alkanes) is 1. The maximum Gasteiger partial charge on any atom is 0.162 e. The van der Waals surface area contributed by atoms with Crippen molar-refractivity contribution < 1.29 is 9.84 Å². The highest BCUT2D eigenvalue weighted by molar-refractivity contribution is 5.45. The fourth-order valence-electron chi connectivity index (χ4n) is 1.40. The van der Waals surface area contributed by atoms with E-state index < -0.39 is 0 Å². The molecule has 1 aromatic carbocycles. The van der Waals surface area contributed by atoms with E-state index in [2.05, 4.69) is 12.2 Å². The largest absolute Gasteiger partial charge is 0.504 e. The van der Waals surface area contributed by atoms with Crippen LogP contribution in [-0.2, 0) is 6.54 Å². The Balaban J connectivity index is 2.53. The highest BCUT2D eigenvalue weighted by Crippen LogP contribution is 2.28. The molecule has 15 heavy (non-hydrogen) atoms. The van der Waals surface area contributed by atoms with Gasteiger partial charge in [0.2, 0.25) is 0 Å². The molecule has 0 spiro atoms. The van der Waals surface area contributed by atoms with E-state index in [-0.39, 0.29) is 5.75 Å². The molecule has 84 valence electrons. The second-order valence-corrected chi connectivity index (χ2v) is 3.50. The van der Waals surface area contributed by atoms with Gasteiger partial charge in [0, 0.05) is 12.1 Å². The fourth-order valence-corrected chi connectivity index (χ4v) is 1.40. The number of para-hydroxylation sites is 1. The first-order valence-electron chi connectivity index (χ1n) is 5.35. The average Bonchev–Trinajstić information content (AvgIpc) is 2.26. The highest BCUT2D eigenvalue weighted by atomic mass is 16.5. The highest BCUT2D eigenvalue weighted by Gasteiger charge is 2.05. The first-order chi connectivity index (χ1) is 7.29. The molecule has 0 saturated carbocycles. The number of ether oxygens (including phenoxy) is 1. The van der Waals surface area contributed by atoms with Crippen LogP contribution in [0.5, 0.6) is 11.5 Å². The van der Waals surface area contributed by atoms with Gasteiger partial charge in [-0.1, -0.05) is 25.5 Å². The van der Waals surface area contributed by atoms with Crippen LogP contribution in [0, 0.1) is 0 Å². The van der Waals surface area contributed by atoms with E-state index in [0.717, 1.165) is 18.5 Å². The van der Waals surface area contributed by atoms with Crippen LogP contribution in [0.15, 0.2) is 18.2 Å². The van der Waals surface area contributed by atoms with Crippen molar-refractivity contribution in [3.8, 4) is 11.5 Å². The third kappa shape index (κ3) is 3.44. The number of phenolic OH excluding ortho intramolecular Hbond substituents is 1. The van der Waals surface area contributed by atoms with Gasteiger partial charge in [0.15, 0.2) is 11.5 Å². The van der Waals surface area contributed by atoms with Gasteiger partial charge in [0.25, 0.3) is 0 Å². The molecule has 0 heterocycles. The predicted octanol–water partition coefficient (Wildman–Crippen LogP) is 2.29. The standard InChI is InChI=1S/C12H19NO2/c1-3-4-8-13-9-10-6-5-7-11(15-2)12(10)14/h5-7,13-14H,3-4,8-9H2,1-2H3. The van der Waals surface area contributed by atoms with E-state index in [4.69, 9.17) is 4.74 Å². The number of aromatic hydroxyl groups is 1. The molecule has 0 saturated heterocycles. The Morgan fingerprint density at radius 3 is 2.87 bits per heavy atom. The molecule has 0 radical (unpaired) electrons. The first kappa shape index (κ1) is 11.9. The maximum absolute atomic E-state index is 9.78. The van der Waals surface area contributed by atoms with Crippen LogP contribution in [0.4, 0.5) is 0 Å². The van der Waals surface area contributed by atoms with Crippen molar-refractivity contribution in [3.05, 3.63) is 23.8 Å². The van der Waals surface area contributed by atoms with Gasteiger partial charge in [-0.2, -0.15) is 0 Å². The summed E-state index contributed by atoms with van der Waals surface area (Å²) in [6.07, 6.45) is 2.34. The Morgan fingerprint density at radius 1 is 1.40 bits per heavy atom. The molecule has 1 aromatic rings. The van der Waals surface area contributed by atoms with Crippen molar-refractivity contribution in [2.45, 2.75) is 26.3 Å². The zero-order valence-electron chi connectivity index (χ0n) is 9.42. The van der Waals surface area contributed by atoms with E-state index in [1.54, 1.807) is 13.2 Å². The first-order valence-corrected chi connectivity index (χ1v) is 5.35. The normalized spacial score (nSPS) is 10.3. The lowest BCUT2D eigenvalue weighted by Gasteiger charge is -2.09. The van der Waals surface area contributed by atoms with Crippen molar-refractivity contribution >= 4 is 0 Å². The summed E-state index contributed by atoms with van der Waals surface area (Å²) >= 11 is 0. The van der Waals surface area contributed by atoms with Gasteiger partial charge in [-0.3, -0.25) is 0 Å². The summed E-state index contributed by atoms with van der Waals surface area (Å²) < 4.78 is 5.04. The molecule has 0 fully saturated rings. The number of rotatable bonds is 6. The number of hydrogen-bond acceptors (Lipinski definition) is 3. The average molecular weight is 209 g/mol. The molecule has 0 aliphatic carbocycles. The molecule has 0 unspecified atom stereocenters. The molecule has 3 heteroatoms.